The first-order chi connectivity index (χ1) is 13.3. The van der Waals surface area contributed by atoms with Gasteiger partial charge in [-0.2, -0.15) is 9.40 Å². The predicted molar refractivity (Wildman–Crippen MR) is 105 cm³/mol. The number of nitrogens with one attached hydrogen (secondary N) is 1. The summed E-state index contributed by atoms with van der Waals surface area (Å²) in [4.78, 5) is 14.4. The second-order valence-corrected chi connectivity index (χ2v) is 8.88. The molecule has 152 valence electrons. The summed E-state index contributed by atoms with van der Waals surface area (Å²) in [6.07, 6.45) is 0.575. The minimum absolute atomic E-state index is 0.0598. The number of rotatable bonds is 5. The van der Waals surface area contributed by atoms with E-state index in [2.05, 4.69) is 10.2 Å². The normalized spacial score (nSPS) is 16.0. The van der Waals surface area contributed by atoms with E-state index in [1.807, 2.05) is 31.2 Å². The number of carbonyl (C=O) groups excluding carboxylic acids is 1. The number of carbonyl (C=O) groups is 1. The van der Waals surface area contributed by atoms with Crippen LogP contribution < -0.4 is 4.74 Å². The number of amides is 1. The molecule has 0 unspecified atom stereocenters. The molecule has 1 fully saturated rings. The fourth-order valence-electron chi connectivity index (χ4n) is 3.30. The van der Waals surface area contributed by atoms with Crippen LogP contribution in [0.2, 0.25) is 0 Å². The third kappa shape index (κ3) is 4.36. The Balaban J connectivity index is 1.61. The molecule has 1 aliphatic rings. The van der Waals surface area contributed by atoms with Crippen LogP contribution in [0.5, 0.6) is 5.75 Å². The van der Waals surface area contributed by atoms with Crippen molar-refractivity contribution >= 4 is 15.9 Å². The Morgan fingerprint density at radius 1 is 1.11 bits per heavy atom. The topological polar surface area (TPSA) is 95.6 Å². The zero-order valence-corrected chi connectivity index (χ0v) is 17.3. The molecule has 0 saturated carbocycles. The lowest BCUT2D eigenvalue weighted by molar-refractivity contribution is -0.133. The van der Waals surface area contributed by atoms with Crippen molar-refractivity contribution in [2.45, 2.75) is 32.1 Å². The van der Waals surface area contributed by atoms with Crippen molar-refractivity contribution in [3.05, 3.63) is 41.2 Å². The summed E-state index contributed by atoms with van der Waals surface area (Å²) in [5, 5.41) is 6.71. The zero-order valence-electron chi connectivity index (χ0n) is 16.4. The third-order valence-electron chi connectivity index (χ3n) is 4.85. The van der Waals surface area contributed by atoms with Gasteiger partial charge in [-0.05, 0) is 39.3 Å². The van der Waals surface area contributed by atoms with E-state index in [9.17, 15) is 13.2 Å². The van der Waals surface area contributed by atoms with E-state index in [-0.39, 0.29) is 24.0 Å². The number of hydrogen-bond acceptors (Lipinski definition) is 5. The van der Waals surface area contributed by atoms with Gasteiger partial charge in [0.1, 0.15) is 10.6 Å². The summed E-state index contributed by atoms with van der Waals surface area (Å²) in [6.45, 7) is 6.76. The standard InChI is InChI=1S/C19H26N4O4S/c1-14-5-7-17(8-6-14)27-13-18(24)22-9-4-10-23(12-11-22)28(25,26)19-15(2)20-21-16(19)3/h5-8H,4,9-13H2,1-3H3,(H,20,21). The third-order valence-corrected chi connectivity index (χ3v) is 7.01. The fourth-order valence-corrected chi connectivity index (χ4v) is 5.11. The van der Waals surface area contributed by atoms with Crippen molar-refractivity contribution in [2.75, 3.05) is 32.8 Å². The summed E-state index contributed by atoms with van der Waals surface area (Å²) in [5.41, 5.74) is 2.11. The number of sulfonamides is 1. The van der Waals surface area contributed by atoms with E-state index in [0.29, 0.717) is 43.2 Å². The van der Waals surface area contributed by atoms with E-state index in [1.54, 1.807) is 18.7 Å². The van der Waals surface area contributed by atoms with Crippen LogP contribution in [0, 0.1) is 20.8 Å². The number of aryl methyl sites for hydroxylation is 3. The molecule has 9 heteroatoms. The molecule has 8 nitrogen and oxygen atoms in total. The highest BCUT2D eigenvalue weighted by molar-refractivity contribution is 7.89. The summed E-state index contributed by atoms with van der Waals surface area (Å²) < 4.78 is 33.0. The molecule has 0 spiro atoms. The second-order valence-electron chi connectivity index (χ2n) is 7.00. The van der Waals surface area contributed by atoms with Gasteiger partial charge in [0.25, 0.3) is 5.91 Å². The highest BCUT2D eigenvalue weighted by Crippen LogP contribution is 2.23. The van der Waals surface area contributed by atoms with Crippen molar-refractivity contribution in [2.24, 2.45) is 0 Å². The zero-order chi connectivity index (χ0) is 20.3. The Morgan fingerprint density at radius 3 is 2.46 bits per heavy atom. The summed E-state index contributed by atoms with van der Waals surface area (Å²) in [7, 11) is -3.64. The van der Waals surface area contributed by atoms with E-state index in [1.165, 1.54) is 4.31 Å². The van der Waals surface area contributed by atoms with Crippen LogP contribution in [0.1, 0.15) is 23.4 Å². The number of aromatic amines is 1. The summed E-state index contributed by atoms with van der Waals surface area (Å²) >= 11 is 0. The van der Waals surface area contributed by atoms with Crippen LogP contribution >= 0.6 is 0 Å². The van der Waals surface area contributed by atoms with Gasteiger partial charge in [0.15, 0.2) is 6.61 Å². The molecule has 0 aliphatic carbocycles. The Labute approximate surface area is 165 Å². The summed E-state index contributed by atoms with van der Waals surface area (Å²) in [5.74, 6) is 0.499. The number of ether oxygens (including phenoxy) is 1. The van der Waals surface area contributed by atoms with Gasteiger partial charge in [-0.15, -0.1) is 0 Å². The van der Waals surface area contributed by atoms with E-state index >= 15 is 0 Å². The smallest absolute Gasteiger partial charge is 0.260 e. The van der Waals surface area contributed by atoms with E-state index in [0.717, 1.165) is 5.56 Å². The quantitative estimate of drug-likeness (QED) is 0.814. The van der Waals surface area contributed by atoms with Gasteiger partial charge in [0, 0.05) is 26.2 Å². The monoisotopic (exact) mass is 406 g/mol. The fraction of sp³-hybridized carbons (Fsp3) is 0.474. The van der Waals surface area contributed by atoms with Gasteiger partial charge in [0.2, 0.25) is 10.0 Å². The Morgan fingerprint density at radius 2 is 1.82 bits per heavy atom. The number of aromatic nitrogens is 2. The van der Waals surface area contributed by atoms with Gasteiger partial charge in [-0.3, -0.25) is 9.89 Å². The Hall–Kier alpha value is -2.39. The van der Waals surface area contributed by atoms with Crippen molar-refractivity contribution < 1.29 is 17.9 Å². The molecule has 2 aromatic rings. The molecule has 1 aliphatic heterocycles. The van der Waals surface area contributed by atoms with Gasteiger partial charge in [-0.25, -0.2) is 8.42 Å². The molecule has 1 saturated heterocycles. The Bertz CT molecular complexity index is 918. The highest BCUT2D eigenvalue weighted by atomic mass is 32.2. The van der Waals surface area contributed by atoms with Crippen molar-refractivity contribution in [3.8, 4) is 5.75 Å². The first-order valence-electron chi connectivity index (χ1n) is 9.28. The molecule has 1 amide bonds. The minimum atomic E-state index is -3.64. The number of nitrogens with zero attached hydrogens (tertiary/aromatic N) is 3. The number of benzene rings is 1. The molecule has 1 N–H and O–H groups in total. The lowest BCUT2D eigenvalue weighted by atomic mass is 10.2. The van der Waals surface area contributed by atoms with Gasteiger partial charge in [0.05, 0.1) is 11.4 Å². The summed E-state index contributed by atoms with van der Waals surface area (Å²) in [6, 6.07) is 7.51. The van der Waals surface area contributed by atoms with Crippen LogP contribution in [0.4, 0.5) is 0 Å². The number of H-pyrrole nitrogens is 1. The first kappa shape index (κ1) is 20.3. The van der Waals surface area contributed by atoms with E-state index < -0.39 is 10.0 Å². The molecule has 1 aromatic heterocycles. The van der Waals surface area contributed by atoms with Crippen molar-refractivity contribution in [1.82, 2.24) is 19.4 Å². The van der Waals surface area contributed by atoms with Gasteiger partial charge in [-0.1, -0.05) is 17.7 Å². The maximum absolute atomic E-state index is 13.0. The van der Waals surface area contributed by atoms with Gasteiger partial charge >= 0.3 is 0 Å². The molecule has 0 bridgehead atoms. The average molecular weight is 407 g/mol. The largest absolute Gasteiger partial charge is 0.484 e. The highest BCUT2D eigenvalue weighted by Gasteiger charge is 2.31. The molecular formula is C19H26N4O4S. The maximum Gasteiger partial charge on any atom is 0.260 e. The SMILES string of the molecule is Cc1ccc(OCC(=O)N2CCCN(S(=O)(=O)c3c(C)n[nH]c3C)CC2)cc1. The lowest BCUT2D eigenvalue weighted by Crippen LogP contribution is -2.39. The van der Waals surface area contributed by atoms with Crippen LogP contribution in [0.15, 0.2) is 29.2 Å². The van der Waals surface area contributed by atoms with Crippen LogP contribution in [0.25, 0.3) is 0 Å². The molecular weight excluding hydrogens is 380 g/mol. The van der Waals surface area contributed by atoms with Crippen molar-refractivity contribution in [3.63, 3.8) is 0 Å². The lowest BCUT2D eigenvalue weighted by Gasteiger charge is -2.22. The average Bonchev–Trinajstić information content (AvgIpc) is 2.86. The first-order valence-corrected chi connectivity index (χ1v) is 10.7. The maximum atomic E-state index is 13.0. The molecule has 0 atom stereocenters. The Kier molecular flexibility index (Phi) is 6.04. The van der Waals surface area contributed by atoms with Crippen LogP contribution in [-0.2, 0) is 14.8 Å². The molecule has 0 radical (unpaired) electrons. The van der Waals surface area contributed by atoms with Crippen LogP contribution in [0.3, 0.4) is 0 Å². The van der Waals surface area contributed by atoms with Gasteiger partial charge < -0.3 is 9.64 Å². The molecule has 2 heterocycles. The van der Waals surface area contributed by atoms with Crippen LogP contribution in [-0.4, -0.2) is 66.5 Å². The predicted octanol–water partition coefficient (Wildman–Crippen LogP) is 1.64. The minimum Gasteiger partial charge on any atom is -0.484 e. The molecule has 1 aromatic carbocycles. The van der Waals surface area contributed by atoms with Crippen molar-refractivity contribution in [1.29, 1.82) is 0 Å². The molecule has 28 heavy (non-hydrogen) atoms. The second kappa shape index (κ2) is 8.32. The molecule has 3 rings (SSSR count). The van der Waals surface area contributed by atoms with E-state index in [4.69, 9.17) is 4.74 Å². The number of hydrogen-bond donors (Lipinski definition) is 1.